The first-order chi connectivity index (χ1) is 16.9. The van der Waals surface area contributed by atoms with Crippen molar-refractivity contribution in [3.63, 3.8) is 0 Å². The predicted octanol–water partition coefficient (Wildman–Crippen LogP) is 2.01. The maximum absolute atomic E-state index is 13.4. The summed E-state index contributed by atoms with van der Waals surface area (Å²) in [6, 6.07) is 5.60. The van der Waals surface area contributed by atoms with E-state index in [0.717, 1.165) is 23.5 Å². The lowest BCUT2D eigenvalue weighted by molar-refractivity contribution is -0.136. The van der Waals surface area contributed by atoms with Crippen molar-refractivity contribution in [3.05, 3.63) is 47.0 Å². The summed E-state index contributed by atoms with van der Waals surface area (Å²) in [5.74, 6) is 0.501. The van der Waals surface area contributed by atoms with Gasteiger partial charge in [-0.1, -0.05) is 19.9 Å². The molecule has 1 saturated carbocycles. The Balaban J connectivity index is 1.32. The van der Waals surface area contributed by atoms with Gasteiger partial charge in [-0.05, 0) is 36.8 Å². The minimum Gasteiger partial charge on any atom is -0.345 e. The zero-order chi connectivity index (χ0) is 24.5. The van der Waals surface area contributed by atoms with Crippen LogP contribution in [0.3, 0.4) is 0 Å². The molecule has 9 nitrogen and oxygen atoms in total. The van der Waals surface area contributed by atoms with Crippen LogP contribution in [0.15, 0.2) is 24.4 Å². The highest BCUT2D eigenvalue weighted by atomic mass is 16.2. The van der Waals surface area contributed by atoms with E-state index < -0.39 is 0 Å². The quantitative estimate of drug-likeness (QED) is 0.626. The van der Waals surface area contributed by atoms with Gasteiger partial charge in [0.25, 0.3) is 5.91 Å². The molecule has 2 aromatic heterocycles. The van der Waals surface area contributed by atoms with Crippen molar-refractivity contribution >= 4 is 17.7 Å². The molecule has 0 aromatic carbocycles. The van der Waals surface area contributed by atoms with E-state index in [4.69, 9.17) is 5.10 Å². The number of hydrogen-bond donors (Lipinski definition) is 1. The Morgan fingerprint density at radius 3 is 2.77 bits per heavy atom. The van der Waals surface area contributed by atoms with Gasteiger partial charge in [0.05, 0.1) is 18.2 Å². The van der Waals surface area contributed by atoms with E-state index in [0.29, 0.717) is 56.7 Å². The number of likely N-dealkylation sites (tertiary alicyclic amines) is 1. The third-order valence-corrected chi connectivity index (χ3v) is 7.09. The van der Waals surface area contributed by atoms with Crippen molar-refractivity contribution in [2.45, 2.75) is 59.2 Å². The van der Waals surface area contributed by atoms with E-state index in [9.17, 15) is 14.4 Å². The van der Waals surface area contributed by atoms with Gasteiger partial charge >= 0.3 is 0 Å². The lowest BCUT2D eigenvalue weighted by Gasteiger charge is -2.30. The molecule has 2 aliphatic heterocycles. The van der Waals surface area contributed by atoms with Crippen LogP contribution in [-0.2, 0) is 35.6 Å². The molecule has 186 valence electrons. The molecule has 5 rings (SSSR count). The second kappa shape index (κ2) is 9.79. The van der Waals surface area contributed by atoms with Gasteiger partial charge < -0.3 is 15.1 Å². The zero-order valence-corrected chi connectivity index (χ0v) is 20.6. The van der Waals surface area contributed by atoms with E-state index >= 15 is 0 Å². The second-order valence-electron chi connectivity index (χ2n) is 10.5. The van der Waals surface area contributed by atoms with Gasteiger partial charge in [-0.2, -0.15) is 5.10 Å². The Bertz CT molecular complexity index is 1110. The number of amides is 3. The molecule has 1 saturated heterocycles. The van der Waals surface area contributed by atoms with Crippen LogP contribution in [0.2, 0.25) is 0 Å². The van der Waals surface area contributed by atoms with E-state index in [2.05, 4.69) is 24.1 Å². The minimum atomic E-state index is -0.314. The summed E-state index contributed by atoms with van der Waals surface area (Å²) in [5, 5.41) is 7.66. The van der Waals surface area contributed by atoms with E-state index in [1.165, 1.54) is 12.8 Å². The first-order valence-electron chi connectivity index (χ1n) is 12.7. The summed E-state index contributed by atoms with van der Waals surface area (Å²) < 4.78 is 1.99. The zero-order valence-electron chi connectivity index (χ0n) is 20.6. The number of pyridine rings is 1. The summed E-state index contributed by atoms with van der Waals surface area (Å²) in [6.45, 7) is 7.42. The molecule has 0 spiro atoms. The molecular weight excluding hydrogens is 444 g/mol. The van der Waals surface area contributed by atoms with Gasteiger partial charge in [-0.25, -0.2) is 0 Å². The van der Waals surface area contributed by atoms with Gasteiger partial charge in [-0.15, -0.1) is 0 Å². The van der Waals surface area contributed by atoms with Crippen LogP contribution in [0.25, 0.3) is 0 Å². The van der Waals surface area contributed by atoms with Crippen LogP contribution >= 0.6 is 0 Å². The van der Waals surface area contributed by atoms with Gasteiger partial charge in [0, 0.05) is 63.0 Å². The number of nitrogens with one attached hydrogen (secondary N) is 1. The lowest BCUT2D eigenvalue weighted by atomic mass is 10.0. The highest BCUT2D eigenvalue weighted by Gasteiger charge is 2.39. The molecule has 9 heteroatoms. The highest BCUT2D eigenvalue weighted by Crippen LogP contribution is 2.33. The molecule has 1 aliphatic carbocycles. The van der Waals surface area contributed by atoms with Crippen molar-refractivity contribution in [2.24, 2.45) is 17.8 Å². The maximum Gasteiger partial charge on any atom is 0.272 e. The number of fused-ring (bicyclic) bond motifs is 1. The average molecular weight is 479 g/mol. The number of nitrogens with zero attached hydrogens (tertiary/aromatic N) is 5. The number of carbonyl (C=O) groups is 3. The molecule has 0 bridgehead atoms. The Hall–Kier alpha value is -3.23. The summed E-state index contributed by atoms with van der Waals surface area (Å²) in [6.07, 6.45) is 5.04. The molecule has 1 atom stereocenters. The van der Waals surface area contributed by atoms with Gasteiger partial charge in [0.2, 0.25) is 11.8 Å². The first kappa shape index (κ1) is 23.5. The fraction of sp³-hybridized carbons (Fsp3) is 0.577. The number of rotatable bonds is 8. The largest absolute Gasteiger partial charge is 0.345 e. The summed E-state index contributed by atoms with van der Waals surface area (Å²) in [7, 11) is 0. The van der Waals surface area contributed by atoms with E-state index in [-0.39, 0.29) is 30.1 Å². The van der Waals surface area contributed by atoms with Crippen molar-refractivity contribution < 1.29 is 14.4 Å². The minimum absolute atomic E-state index is 0.00467. The van der Waals surface area contributed by atoms with Gasteiger partial charge in [-0.3, -0.25) is 24.0 Å². The monoisotopic (exact) mass is 478 g/mol. The Morgan fingerprint density at radius 2 is 2.06 bits per heavy atom. The van der Waals surface area contributed by atoms with Crippen LogP contribution in [0, 0.1) is 17.8 Å². The van der Waals surface area contributed by atoms with E-state index in [1.807, 2.05) is 32.7 Å². The van der Waals surface area contributed by atoms with Crippen molar-refractivity contribution in [1.82, 2.24) is 29.9 Å². The Labute approximate surface area is 205 Å². The van der Waals surface area contributed by atoms with Gasteiger partial charge in [0.1, 0.15) is 0 Å². The molecule has 3 aliphatic rings. The number of carbonyl (C=O) groups excluding carboxylic acids is 3. The standard InChI is InChI=1S/C26H34N6O3/c1-17(2)13-31-15-19(11-23(31)33)26(35)30-10-8-22-21(16-30)24(29-32(22)14-18-6-7-18)25(34)28-12-20-5-3-4-9-27-20/h3-5,9,17-19H,6-8,10-16H2,1-2H3,(H,28,34). The lowest BCUT2D eigenvalue weighted by Crippen LogP contribution is -2.41. The third-order valence-electron chi connectivity index (χ3n) is 7.09. The summed E-state index contributed by atoms with van der Waals surface area (Å²) >= 11 is 0. The van der Waals surface area contributed by atoms with Gasteiger partial charge in [0.15, 0.2) is 5.69 Å². The molecule has 2 aromatic rings. The van der Waals surface area contributed by atoms with E-state index in [1.54, 1.807) is 6.20 Å². The molecule has 4 heterocycles. The predicted molar refractivity (Wildman–Crippen MR) is 129 cm³/mol. The fourth-order valence-corrected chi connectivity index (χ4v) is 5.13. The molecular formula is C26H34N6O3. The first-order valence-corrected chi connectivity index (χ1v) is 12.7. The summed E-state index contributed by atoms with van der Waals surface area (Å²) in [4.78, 5) is 46.9. The molecule has 0 radical (unpaired) electrons. The molecule has 1 unspecified atom stereocenters. The SMILES string of the molecule is CC(C)CN1CC(C(=O)N2CCc3c(c(C(=O)NCc4ccccn4)nn3CC3CC3)C2)CC1=O. The second-order valence-corrected chi connectivity index (χ2v) is 10.5. The smallest absolute Gasteiger partial charge is 0.272 e. The molecule has 35 heavy (non-hydrogen) atoms. The fourth-order valence-electron chi connectivity index (χ4n) is 5.13. The maximum atomic E-state index is 13.4. The molecule has 3 amide bonds. The van der Waals surface area contributed by atoms with Crippen molar-refractivity contribution in [2.75, 3.05) is 19.6 Å². The highest BCUT2D eigenvalue weighted by molar-refractivity contribution is 5.94. The van der Waals surface area contributed by atoms with Crippen LogP contribution in [0.5, 0.6) is 0 Å². The molecule has 1 N–H and O–H groups in total. The molecule has 2 fully saturated rings. The van der Waals surface area contributed by atoms with Crippen LogP contribution in [0.4, 0.5) is 0 Å². The average Bonchev–Trinajstić information content (AvgIpc) is 3.50. The topological polar surface area (TPSA) is 100 Å². The van der Waals surface area contributed by atoms with Crippen LogP contribution in [0.1, 0.15) is 60.5 Å². The third kappa shape index (κ3) is 5.23. The summed E-state index contributed by atoms with van der Waals surface area (Å²) in [5.41, 5.74) is 3.08. The number of hydrogen-bond acceptors (Lipinski definition) is 5. The Morgan fingerprint density at radius 1 is 1.23 bits per heavy atom. The normalized spacial score (nSPS) is 19.9. The van der Waals surface area contributed by atoms with Crippen molar-refractivity contribution in [3.8, 4) is 0 Å². The van der Waals surface area contributed by atoms with Crippen molar-refractivity contribution in [1.29, 1.82) is 0 Å². The Kier molecular flexibility index (Phi) is 6.58. The number of aromatic nitrogens is 3. The van der Waals surface area contributed by atoms with Crippen LogP contribution < -0.4 is 5.32 Å². The van der Waals surface area contributed by atoms with Crippen LogP contribution in [-0.4, -0.2) is 61.9 Å².